The maximum Gasteiger partial charge on any atom is 0.237 e. The molecule has 1 amide bonds. The number of rotatable bonds is 5. The molecule has 3 rings (SSSR count). The van der Waals surface area contributed by atoms with Crippen molar-refractivity contribution in [2.45, 2.75) is 23.5 Å². The van der Waals surface area contributed by atoms with E-state index in [1.165, 1.54) is 0 Å². The number of thioether (sulfide) groups is 1. The predicted octanol–water partition coefficient (Wildman–Crippen LogP) is 3.92. The molecule has 0 saturated heterocycles. The largest absolute Gasteiger partial charge is 0.454 e. The van der Waals surface area contributed by atoms with Crippen LogP contribution in [0.3, 0.4) is 0 Å². The van der Waals surface area contributed by atoms with Gasteiger partial charge in [-0.1, -0.05) is 25.1 Å². The van der Waals surface area contributed by atoms with Crippen molar-refractivity contribution in [3.05, 3.63) is 48.5 Å². The van der Waals surface area contributed by atoms with Gasteiger partial charge >= 0.3 is 0 Å². The molecule has 1 unspecified atom stereocenters. The van der Waals surface area contributed by atoms with Crippen LogP contribution >= 0.6 is 11.8 Å². The minimum Gasteiger partial charge on any atom is -0.454 e. The molecule has 22 heavy (non-hydrogen) atoms. The summed E-state index contributed by atoms with van der Waals surface area (Å²) in [5.74, 6) is 1.38. The van der Waals surface area contributed by atoms with Crippen LogP contribution in [0.1, 0.15) is 13.3 Å². The van der Waals surface area contributed by atoms with Crippen LogP contribution in [0.15, 0.2) is 53.4 Å². The summed E-state index contributed by atoms with van der Waals surface area (Å²) >= 11 is 1.57. The molecule has 1 heterocycles. The third kappa shape index (κ3) is 3.36. The molecule has 0 aliphatic carbocycles. The van der Waals surface area contributed by atoms with Crippen molar-refractivity contribution in [3.8, 4) is 11.5 Å². The lowest BCUT2D eigenvalue weighted by molar-refractivity contribution is -0.115. The van der Waals surface area contributed by atoms with Crippen molar-refractivity contribution >= 4 is 23.4 Å². The molecule has 2 aromatic rings. The van der Waals surface area contributed by atoms with E-state index in [9.17, 15) is 4.79 Å². The van der Waals surface area contributed by atoms with E-state index in [0.717, 1.165) is 17.0 Å². The zero-order chi connectivity index (χ0) is 15.4. The van der Waals surface area contributed by atoms with Crippen molar-refractivity contribution < 1.29 is 14.3 Å². The number of hydrogen-bond acceptors (Lipinski definition) is 4. The first-order valence-electron chi connectivity index (χ1n) is 7.18. The Kier molecular flexibility index (Phi) is 4.53. The molecule has 4 nitrogen and oxygen atoms in total. The normalized spacial score (nSPS) is 13.7. The highest BCUT2D eigenvalue weighted by Crippen LogP contribution is 2.34. The summed E-state index contributed by atoms with van der Waals surface area (Å²) in [5.41, 5.74) is 0.723. The zero-order valence-electron chi connectivity index (χ0n) is 12.2. The van der Waals surface area contributed by atoms with Crippen LogP contribution < -0.4 is 14.8 Å². The summed E-state index contributed by atoms with van der Waals surface area (Å²) in [6.45, 7) is 2.24. The van der Waals surface area contributed by atoms with Crippen LogP contribution in [0.4, 0.5) is 5.69 Å². The SMILES string of the molecule is CCC(Sc1ccccc1)C(=O)Nc1ccc2c(c1)OCO2. The van der Waals surface area contributed by atoms with Gasteiger partial charge in [0.25, 0.3) is 0 Å². The monoisotopic (exact) mass is 315 g/mol. The quantitative estimate of drug-likeness (QED) is 0.849. The summed E-state index contributed by atoms with van der Waals surface area (Å²) in [7, 11) is 0. The molecule has 0 spiro atoms. The molecule has 114 valence electrons. The van der Waals surface area contributed by atoms with Crippen molar-refractivity contribution in [2.24, 2.45) is 0 Å². The second-order valence-electron chi connectivity index (χ2n) is 4.89. The Morgan fingerprint density at radius 1 is 1.18 bits per heavy atom. The molecule has 1 aliphatic heterocycles. The molecular formula is C17H17NO3S. The Bertz CT molecular complexity index is 660. The first kappa shape index (κ1) is 14.8. The molecule has 2 aromatic carbocycles. The number of amides is 1. The Balaban J connectivity index is 1.67. The second-order valence-corrected chi connectivity index (χ2v) is 6.16. The topological polar surface area (TPSA) is 47.6 Å². The van der Waals surface area contributed by atoms with E-state index in [1.807, 2.05) is 49.4 Å². The number of ether oxygens (including phenoxy) is 2. The van der Waals surface area contributed by atoms with Gasteiger partial charge in [0, 0.05) is 16.6 Å². The van der Waals surface area contributed by atoms with Crippen molar-refractivity contribution in [1.29, 1.82) is 0 Å². The van der Waals surface area contributed by atoms with Gasteiger partial charge in [0.1, 0.15) is 0 Å². The van der Waals surface area contributed by atoms with Gasteiger partial charge in [-0.15, -0.1) is 11.8 Å². The summed E-state index contributed by atoms with van der Waals surface area (Å²) in [6, 6.07) is 15.4. The van der Waals surface area contributed by atoms with Gasteiger partial charge in [0.2, 0.25) is 12.7 Å². The lowest BCUT2D eigenvalue weighted by Gasteiger charge is -2.15. The van der Waals surface area contributed by atoms with E-state index in [2.05, 4.69) is 5.32 Å². The first-order valence-corrected chi connectivity index (χ1v) is 8.06. The summed E-state index contributed by atoms with van der Waals surface area (Å²) in [4.78, 5) is 13.5. The number of benzene rings is 2. The molecule has 0 saturated carbocycles. The maximum atomic E-state index is 12.4. The van der Waals surface area contributed by atoms with E-state index in [4.69, 9.17) is 9.47 Å². The van der Waals surface area contributed by atoms with Crippen molar-refractivity contribution in [2.75, 3.05) is 12.1 Å². The molecular weight excluding hydrogens is 298 g/mol. The molecule has 1 atom stereocenters. The Hall–Kier alpha value is -2.14. The highest BCUT2D eigenvalue weighted by molar-refractivity contribution is 8.00. The number of carbonyl (C=O) groups is 1. The molecule has 0 aromatic heterocycles. The van der Waals surface area contributed by atoms with Crippen LogP contribution in [0.2, 0.25) is 0 Å². The van der Waals surface area contributed by atoms with Crippen LogP contribution in [-0.4, -0.2) is 18.0 Å². The van der Waals surface area contributed by atoms with Gasteiger partial charge in [-0.3, -0.25) is 4.79 Å². The number of carbonyl (C=O) groups excluding carboxylic acids is 1. The summed E-state index contributed by atoms with van der Waals surface area (Å²) < 4.78 is 10.6. The van der Waals surface area contributed by atoms with E-state index in [0.29, 0.717) is 11.5 Å². The fourth-order valence-corrected chi connectivity index (χ4v) is 3.16. The van der Waals surface area contributed by atoms with Crippen molar-refractivity contribution in [1.82, 2.24) is 0 Å². The molecule has 5 heteroatoms. The highest BCUT2D eigenvalue weighted by Gasteiger charge is 2.19. The highest BCUT2D eigenvalue weighted by atomic mass is 32.2. The second kappa shape index (κ2) is 6.75. The Labute approximate surface area is 133 Å². The lowest BCUT2D eigenvalue weighted by Crippen LogP contribution is -2.24. The van der Waals surface area contributed by atoms with Crippen LogP contribution in [0.5, 0.6) is 11.5 Å². The van der Waals surface area contributed by atoms with E-state index in [-0.39, 0.29) is 18.0 Å². The zero-order valence-corrected chi connectivity index (χ0v) is 13.1. The fourth-order valence-electron chi connectivity index (χ4n) is 2.18. The minimum atomic E-state index is -0.132. The van der Waals surface area contributed by atoms with Crippen LogP contribution in [-0.2, 0) is 4.79 Å². The number of nitrogens with one attached hydrogen (secondary N) is 1. The maximum absolute atomic E-state index is 12.4. The number of fused-ring (bicyclic) bond motifs is 1. The standard InChI is InChI=1S/C17H17NO3S/c1-2-16(22-13-6-4-3-5-7-13)17(19)18-12-8-9-14-15(10-12)21-11-20-14/h3-10,16H,2,11H2,1H3,(H,18,19). The van der Waals surface area contributed by atoms with Gasteiger partial charge in [-0.2, -0.15) is 0 Å². The van der Waals surface area contributed by atoms with E-state index < -0.39 is 0 Å². The average Bonchev–Trinajstić information content (AvgIpc) is 3.01. The molecule has 0 radical (unpaired) electrons. The Morgan fingerprint density at radius 3 is 2.73 bits per heavy atom. The van der Waals surface area contributed by atoms with Gasteiger partial charge in [0.05, 0.1) is 5.25 Å². The number of anilines is 1. The third-order valence-corrected chi connectivity index (χ3v) is 4.70. The van der Waals surface area contributed by atoms with E-state index in [1.54, 1.807) is 17.8 Å². The smallest absolute Gasteiger partial charge is 0.237 e. The molecule has 0 fully saturated rings. The van der Waals surface area contributed by atoms with Gasteiger partial charge < -0.3 is 14.8 Å². The predicted molar refractivity (Wildman–Crippen MR) is 87.6 cm³/mol. The fraction of sp³-hybridized carbons (Fsp3) is 0.235. The van der Waals surface area contributed by atoms with Crippen LogP contribution in [0, 0.1) is 0 Å². The van der Waals surface area contributed by atoms with E-state index >= 15 is 0 Å². The third-order valence-electron chi connectivity index (χ3n) is 3.32. The van der Waals surface area contributed by atoms with Gasteiger partial charge in [0.15, 0.2) is 11.5 Å². The average molecular weight is 315 g/mol. The first-order chi connectivity index (χ1) is 10.8. The van der Waals surface area contributed by atoms with Gasteiger partial charge in [-0.05, 0) is 30.7 Å². The molecule has 0 bridgehead atoms. The van der Waals surface area contributed by atoms with Crippen LogP contribution in [0.25, 0.3) is 0 Å². The molecule has 1 N–H and O–H groups in total. The van der Waals surface area contributed by atoms with Crippen molar-refractivity contribution in [3.63, 3.8) is 0 Å². The minimum absolute atomic E-state index is 0.00443. The summed E-state index contributed by atoms with van der Waals surface area (Å²) in [5, 5.41) is 2.82. The Morgan fingerprint density at radius 2 is 1.95 bits per heavy atom. The molecule has 1 aliphatic rings. The van der Waals surface area contributed by atoms with Gasteiger partial charge in [-0.25, -0.2) is 0 Å². The number of hydrogen-bond donors (Lipinski definition) is 1. The summed E-state index contributed by atoms with van der Waals surface area (Å²) in [6.07, 6.45) is 0.760. The lowest BCUT2D eigenvalue weighted by atomic mass is 10.2.